The average molecular weight is 285 g/mol. The molecule has 1 aromatic heterocycles. The Hall–Kier alpha value is -1.36. The van der Waals surface area contributed by atoms with Gasteiger partial charge in [-0.3, -0.25) is 0 Å². The van der Waals surface area contributed by atoms with E-state index in [0.29, 0.717) is 16.8 Å². The normalized spacial score (nSPS) is 9.69. The number of nitrogens with zero attached hydrogens (tertiary/aromatic N) is 1. The van der Waals surface area contributed by atoms with Crippen LogP contribution in [0, 0.1) is 0 Å². The van der Waals surface area contributed by atoms with Crippen LogP contribution in [0.5, 0.6) is 0 Å². The van der Waals surface area contributed by atoms with E-state index in [2.05, 4.69) is 26.2 Å². The molecule has 1 heterocycles. The summed E-state index contributed by atoms with van der Waals surface area (Å²) in [6, 6.07) is 1.53. The van der Waals surface area contributed by atoms with Crippen molar-refractivity contribution >= 4 is 27.7 Å². The molecule has 86 valence electrons. The number of anilines is 1. The molecule has 1 aromatic rings. The molecule has 2 N–H and O–H groups in total. The predicted octanol–water partition coefficient (Wildman–Crippen LogP) is 2.92. The van der Waals surface area contributed by atoms with Crippen LogP contribution in [-0.4, -0.2) is 22.6 Å². The van der Waals surface area contributed by atoms with Gasteiger partial charge < -0.3 is 10.4 Å². The second-order valence-electron chi connectivity index (χ2n) is 3.52. The summed E-state index contributed by atoms with van der Waals surface area (Å²) in [5.41, 5.74) is 1.33. The molecule has 0 aliphatic carbocycles. The van der Waals surface area contributed by atoms with Crippen LogP contribution in [0.3, 0.4) is 0 Å². The quantitative estimate of drug-likeness (QED) is 0.835. The first-order valence-electron chi connectivity index (χ1n) is 4.77. The second-order valence-corrected chi connectivity index (χ2v) is 4.43. The summed E-state index contributed by atoms with van der Waals surface area (Å²) >= 11 is 3.19. The van der Waals surface area contributed by atoms with Crippen LogP contribution in [0.1, 0.15) is 24.2 Å². The van der Waals surface area contributed by atoms with Crippen molar-refractivity contribution in [2.45, 2.75) is 13.8 Å². The molecule has 0 saturated heterocycles. The number of allylic oxidation sites excluding steroid dienone is 1. The molecule has 0 saturated carbocycles. The third kappa shape index (κ3) is 3.66. The van der Waals surface area contributed by atoms with Crippen molar-refractivity contribution in [3.8, 4) is 0 Å². The van der Waals surface area contributed by atoms with Crippen molar-refractivity contribution in [2.75, 3.05) is 11.9 Å². The van der Waals surface area contributed by atoms with E-state index < -0.39 is 5.97 Å². The van der Waals surface area contributed by atoms with E-state index in [9.17, 15) is 4.79 Å². The summed E-state index contributed by atoms with van der Waals surface area (Å²) in [5.74, 6) is -0.610. The molecule has 4 nitrogen and oxygen atoms in total. The molecule has 0 radical (unpaired) electrons. The lowest BCUT2D eigenvalue weighted by Crippen LogP contribution is -2.08. The summed E-state index contributed by atoms with van der Waals surface area (Å²) in [4.78, 5) is 15.0. The average Bonchev–Trinajstić information content (AvgIpc) is 2.19. The van der Waals surface area contributed by atoms with Gasteiger partial charge in [-0.15, -0.1) is 0 Å². The van der Waals surface area contributed by atoms with Crippen molar-refractivity contribution in [2.24, 2.45) is 0 Å². The number of pyridine rings is 1. The molecule has 16 heavy (non-hydrogen) atoms. The smallest absolute Gasteiger partial charge is 0.339 e. The van der Waals surface area contributed by atoms with Crippen molar-refractivity contribution in [3.63, 3.8) is 0 Å². The van der Waals surface area contributed by atoms with E-state index in [1.807, 2.05) is 19.9 Å². The number of carbonyl (C=O) groups is 1. The van der Waals surface area contributed by atoms with Crippen molar-refractivity contribution in [1.29, 1.82) is 0 Å². The SMILES string of the molecule is CC(C)=CCNc1ncc(Br)cc1C(=O)O. The minimum atomic E-state index is -0.992. The molecule has 0 unspecified atom stereocenters. The molecule has 0 aliphatic rings. The Kier molecular flexibility index (Phi) is 4.49. The molecule has 0 atom stereocenters. The Bertz CT molecular complexity index is 426. The van der Waals surface area contributed by atoms with Crippen LogP contribution in [0.25, 0.3) is 0 Å². The van der Waals surface area contributed by atoms with Crippen molar-refractivity contribution in [1.82, 2.24) is 4.98 Å². The molecule has 0 spiro atoms. The fourth-order valence-electron chi connectivity index (χ4n) is 1.09. The standard InChI is InChI=1S/C11H13BrN2O2/c1-7(2)3-4-13-10-9(11(15)16)5-8(12)6-14-10/h3,5-6H,4H2,1-2H3,(H,13,14)(H,15,16). The maximum Gasteiger partial charge on any atom is 0.339 e. The van der Waals surface area contributed by atoms with Gasteiger partial charge >= 0.3 is 5.97 Å². The monoisotopic (exact) mass is 284 g/mol. The van der Waals surface area contributed by atoms with Gasteiger partial charge in [-0.05, 0) is 35.8 Å². The Labute approximate surface area is 103 Å². The third-order valence-electron chi connectivity index (χ3n) is 1.86. The van der Waals surface area contributed by atoms with Gasteiger partial charge in [0.15, 0.2) is 0 Å². The van der Waals surface area contributed by atoms with Gasteiger partial charge in [0.25, 0.3) is 0 Å². The minimum absolute atomic E-state index is 0.163. The maximum absolute atomic E-state index is 11.0. The summed E-state index contributed by atoms with van der Waals surface area (Å²) in [6.07, 6.45) is 3.53. The van der Waals surface area contributed by atoms with Gasteiger partial charge in [0.1, 0.15) is 11.4 Å². The van der Waals surface area contributed by atoms with Crippen LogP contribution in [0.4, 0.5) is 5.82 Å². The summed E-state index contributed by atoms with van der Waals surface area (Å²) in [7, 11) is 0. The lowest BCUT2D eigenvalue weighted by Gasteiger charge is -2.06. The van der Waals surface area contributed by atoms with Crippen molar-refractivity contribution < 1.29 is 9.90 Å². The molecule has 5 heteroatoms. The van der Waals surface area contributed by atoms with Crippen LogP contribution >= 0.6 is 15.9 Å². The lowest BCUT2D eigenvalue weighted by atomic mass is 10.2. The van der Waals surface area contributed by atoms with E-state index in [0.717, 1.165) is 0 Å². The Morgan fingerprint density at radius 3 is 2.88 bits per heavy atom. The van der Waals surface area contributed by atoms with Gasteiger partial charge in [0.2, 0.25) is 0 Å². The highest BCUT2D eigenvalue weighted by Crippen LogP contribution is 2.17. The van der Waals surface area contributed by atoms with Gasteiger partial charge in [-0.25, -0.2) is 9.78 Å². The highest BCUT2D eigenvalue weighted by molar-refractivity contribution is 9.10. The highest BCUT2D eigenvalue weighted by atomic mass is 79.9. The largest absolute Gasteiger partial charge is 0.478 e. The van der Waals surface area contributed by atoms with Gasteiger partial charge in [0.05, 0.1) is 0 Å². The summed E-state index contributed by atoms with van der Waals surface area (Å²) in [5, 5.41) is 11.9. The first-order chi connectivity index (χ1) is 7.50. The fraction of sp³-hybridized carbons (Fsp3) is 0.273. The molecular weight excluding hydrogens is 272 g/mol. The van der Waals surface area contributed by atoms with Gasteiger partial charge in [-0.1, -0.05) is 11.6 Å². The summed E-state index contributed by atoms with van der Waals surface area (Å²) in [6.45, 7) is 4.53. The van der Waals surface area contributed by atoms with E-state index in [4.69, 9.17) is 5.11 Å². The maximum atomic E-state index is 11.0. The fourth-order valence-corrected chi connectivity index (χ4v) is 1.43. The van der Waals surface area contributed by atoms with Crippen LogP contribution in [-0.2, 0) is 0 Å². The predicted molar refractivity (Wildman–Crippen MR) is 66.8 cm³/mol. The number of aromatic carboxylic acids is 1. The molecular formula is C11H13BrN2O2. The zero-order valence-electron chi connectivity index (χ0n) is 9.12. The number of carboxylic acid groups (broad SMARTS) is 1. The van der Waals surface area contributed by atoms with Gasteiger partial charge in [-0.2, -0.15) is 0 Å². The number of hydrogen-bond donors (Lipinski definition) is 2. The van der Waals surface area contributed by atoms with E-state index >= 15 is 0 Å². The first-order valence-corrected chi connectivity index (χ1v) is 5.56. The van der Waals surface area contributed by atoms with Crippen LogP contribution in [0.2, 0.25) is 0 Å². The number of hydrogen-bond acceptors (Lipinski definition) is 3. The number of halogens is 1. The molecule has 0 bridgehead atoms. The van der Waals surface area contributed by atoms with Crippen LogP contribution < -0.4 is 5.32 Å². The van der Waals surface area contributed by atoms with E-state index in [1.165, 1.54) is 11.6 Å². The number of aromatic nitrogens is 1. The van der Waals surface area contributed by atoms with Crippen LogP contribution in [0.15, 0.2) is 28.4 Å². The molecule has 0 aliphatic heterocycles. The Balaban J connectivity index is 2.87. The molecule has 1 rings (SSSR count). The topological polar surface area (TPSA) is 62.2 Å². The number of nitrogens with one attached hydrogen (secondary N) is 1. The molecule has 0 aromatic carbocycles. The number of rotatable bonds is 4. The molecule has 0 amide bonds. The lowest BCUT2D eigenvalue weighted by molar-refractivity contribution is 0.0697. The molecule has 0 fully saturated rings. The summed E-state index contributed by atoms with van der Waals surface area (Å²) < 4.78 is 0.651. The highest BCUT2D eigenvalue weighted by Gasteiger charge is 2.11. The van der Waals surface area contributed by atoms with E-state index in [1.54, 1.807) is 6.20 Å². The Morgan fingerprint density at radius 1 is 1.62 bits per heavy atom. The zero-order valence-corrected chi connectivity index (χ0v) is 10.7. The minimum Gasteiger partial charge on any atom is -0.478 e. The zero-order chi connectivity index (χ0) is 12.1. The van der Waals surface area contributed by atoms with Gasteiger partial charge in [0, 0.05) is 17.2 Å². The third-order valence-corrected chi connectivity index (χ3v) is 2.30. The number of carboxylic acids is 1. The second kappa shape index (κ2) is 5.65. The first kappa shape index (κ1) is 12.7. The van der Waals surface area contributed by atoms with E-state index in [-0.39, 0.29) is 5.56 Å². The van der Waals surface area contributed by atoms with Crippen molar-refractivity contribution in [3.05, 3.63) is 33.9 Å². The Morgan fingerprint density at radius 2 is 2.31 bits per heavy atom.